The summed E-state index contributed by atoms with van der Waals surface area (Å²) in [6.45, 7) is 9.36. The van der Waals surface area contributed by atoms with E-state index in [-0.39, 0.29) is 5.41 Å². The van der Waals surface area contributed by atoms with Gasteiger partial charge in [0.1, 0.15) is 11.5 Å². The number of rotatable bonds is 13. The summed E-state index contributed by atoms with van der Waals surface area (Å²) < 4.78 is 5.87. The number of phenols is 1. The Hall–Kier alpha value is -1.18. The van der Waals surface area contributed by atoms with E-state index in [4.69, 9.17) is 4.74 Å². The molecule has 0 aliphatic carbocycles. The third kappa shape index (κ3) is 9.77. The predicted molar refractivity (Wildman–Crippen MR) is 109 cm³/mol. The summed E-state index contributed by atoms with van der Waals surface area (Å²) in [7, 11) is 0. The van der Waals surface area contributed by atoms with Crippen LogP contribution in [0.3, 0.4) is 0 Å². The maximum atomic E-state index is 9.99. The molecule has 0 aromatic heterocycles. The highest BCUT2D eigenvalue weighted by Gasteiger charge is 2.18. The van der Waals surface area contributed by atoms with Crippen molar-refractivity contribution in [2.75, 3.05) is 6.61 Å². The SMILES string of the molecule is CCCCCCCCCCCCCOc1ccc(O)c(C(C)(C)C)c1. The Kier molecular flexibility index (Phi) is 10.7. The summed E-state index contributed by atoms with van der Waals surface area (Å²) in [5, 5.41) is 9.99. The maximum absolute atomic E-state index is 9.99. The van der Waals surface area contributed by atoms with Gasteiger partial charge in [-0.15, -0.1) is 0 Å². The number of hydrogen-bond acceptors (Lipinski definition) is 2. The molecule has 2 nitrogen and oxygen atoms in total. The predicted octanol–water partition coefficient (Wildman–Crippen LogP) is 7.38. The largest absolute Gasteiger partial charge is 0.508 e. The molecule has 0 aliphatic heterocycles. The van der Waals surface area contributed by atoms with Crippen LogP contribution in [0.1, 0.15) is 104 Å². The Bertz CT molecular complexity index is 460. The highest BCUT2D eigenvalue weighted by atomic mass is 16.5. The van der Waals surface area contributed by atoms with Crippen LogP contribution in [0, 0.1) is 0 Å². The van der Waals surface area contributed by atoms with Gasteiger partial charge in [0, 0.05) is 5.56 Å². The molecular formula is C23H40O2. The molecule has 0 saturated carbocycles. The molecule has 0 radical (unpaired) electrons. The normalized spacial score (nSPS) is 11.7. The van der Waals surface area contributed by atoms with Gasteiger partial charge in [-0.25, -0.2) is 0 Å². The minimum Gasteiger partial charge on any atom is -0.508 e. The molecule has 144 valence electrons. The van der Waals surface area contributed by atoms with Crippen molar-refractivity contribution in [3.8, 4) is 11.5 Å². The molecule has 0 aliphatic rings. The molecule has 0 unspecified atom stereocenters. The van der Waals surface area contributed by atoms with Gasteiger partial charge in [0.15, 0.2) is 0 Å². The van der Waals surface area contributed by atoms with Crippen molar-refractivity contribution in [3.63, 3.8) is 0 Å². The molecule has 0 atom stereocenters. The molecule has 1 N–H and O–H groups in total. The Balaban J connectivity index is 2.07. The number of aromatic hydroxyl groups is 1. The average Bonchev–Trinajstić information content (AvgIpc) is 2.56. The van der Waals surface area contributed by atoms with Crippen LogP contribution in [0.25, 0.3) is 0 Å². The maximum Gasteiger partial charge on any atom is 0.119 e. The summed E-state index contributed by atoms with van der Waals surface area (Å²) in [6.07, 6.45) is 14.8. The van der Waals surface area contributed by atoms with E-state index in [0.717, 1.165) is 24.3 Å². The van der Waals surface area contributed by atoms with Crippen LogP contribution in [0.4, 0.5) is 0 Å². The highest BCUT2D eigenvalue weighted by Crippen LogP contribution is 2.33. The van der Waals surface area contributed by atoms with Crippen LogP contribution in [0.5, 0.6) is 11.5 Å². The molecule has 1 aromatic rings. The first-order valence-electron chi connectivity index (χ1n) is 10.4. The third-order valence-corrected chi connectivity index (χ3v) is 4.79. The van der Waals surface area contributed by atoms with Crippen molar-refractivity contribution in [1.29, 1.82) is 0 Å². The van der Waals surface area contributed by atoms with Crippen LogP contribution in [0.2, 0.25) is 0 Å². The fourth-order valence-electron chi connectivity index (χ4n) is 3.16. The number of ether oxygens (including phenoxy) is 1. The van der Waals surface area contributed by atoms with Crippen LogP contribution in [0.15, 0.2) is 18.2 Å². The monoisotopic (exact) mass is 348 g/mol. The number of phenolic OH excluding ortho intramolecular Hbond substituents is 1. The topological polar surface area (TPSA) is 29.5 Å². The summed E-state index contributed by atoms with van der Waals surface area (Å²) in [5.41, 5.74) is 0.879. The molecule has 25 heavy (non-hydrogen) atoms. The molecule has 0 heterocycles. The number of benzene rings is 1. The minimum absolute atomic E-state index is 0.0695. The summed E-state index contributed by atoms with van der Waals surface area (Å²) in [5.74, 6) is 1.23. The molecular weight excluding hydrogens is 308 g/mol. The van der Waals surface area contributed by atoms with Gasteiger partial charge in [-0.3, -0.25) is 0 Å². The zero-order chi connectivity index (χ0) is 18.5. The second kappa shape index (κ2) is 12.2. The van der Waals surface area contributed by atoms with E-state index in [1.165, 1.54) is 64.2 Å². The van der Waals surface area contributed by atoms with Gasteiger partial charge in [-0.1, -0.05) is 91.9 Å². The van der Waals surface area contributed by atoms with Crippen LogP contribution in [-0.2, 0) is 5.41 Å². The first-order chi connectivity index (χ1) is 11.9. The Morgan fingerprint density at radius 3 is 1.84 bits per heavy atom. The molecule has 0 amide bonds. The zero-order valence-corrected chi connectivity index (χ0v) is 17.1. The lowest BCUT2D eigenvalue weighted by Gasteiger charge is -2.21. The fourth-order valence-corrected chi connectivity index (χ4v) is 3.16. The van der Waals surface area contributed by atoms with E-state index in [0.29, 0.717) is 5.75 Å². The van der Waals surface area contributed by atoms with Gasteiger partial charge < -0.3 is 9.84 Å². The second-order valence-corrected chi connectivity index (χ2v) is 8.31. The summed E-state index contributed by atoms with van der Waals surface area (Å²) in [6, 6.07) is 5.59. The first-order valence-corrected chi connectivity index (χ1v) is 10.4. The Morgan fingerprint density at radius 1 is 0.800 bits per heavy atom. The van der Waals surface area contributed by atoms with Crippen molar-refractivity contribution >= 4 is 0 Å². The quantitative estimate of drug-likeness (QED) is 0.377. The Morgan fingerprint density at radius 2 is 1.32 bits per heavy atom. The van der Waals surface area contributed by atoms with E-state index in [2.05, 4.69) is 27.7 Å². The minimum atomic E-state index is -0.0695. The summed E-state index contributed by atoms with van der Waals surface area (Å²) in [4.78, 5) is 0. The van der Waals surface area contributed by atoms with Gasteiger partial charge in [0.25, 0.3) is 0 Å². The lowest BCUT2D eigenvalue weighted by atomic mass is 9.86. The third-order valence-electron chi connectivity index (χ3n) is 4.79. The molecule has 2 heteroatoms. The number of hydrogen-bond donors (Lipinski definition) is 1. The smallest absolute Gasteiger partial charge is 0.119 e. The lowest BCUT2D eigenvalue weighted by Crippen LogP contribution is -2.11. The van der Waals surface area contributed by atoms with Crippen LogP contribution < -0.4 is 4.74 Å². The van der Waals surface area contributed by atoms with Crippen LogP contribution >= 0.6 is 0 Å². The highest BCUT2D eigenvalue weighted by molar-refractivity contribution is 5.43. The summed E-state index contributed by atoms with van der Waals surface area (Å²) >= 11 is 0. The Labute approximate surface area is 156 Å². The standard InChI is InChI=1S/C23H40O2/c1-5-6-7-8-9-10-11-12-13-14-15-18-25-20-16-17-22(24)21(19-20)23(2,3)4/h16-17,19,24H,5-15,18H2,1-4H3. The first kappa shape index (κ1) is 21.9. The molecule has 1 aromatic carbocycles. The van der Waals surface area contributed by atoms with Crippen molar-refractivity contribution in [1.82, 2.24) is 0 Å². The van der Waals surface area contributed by atoms with E-state index < -0.39 is 0 Å². The van der Waals surface area contributed by atoms with Crippen molar-refractivity contribution in [2.24, 2.45) is 0 Å². The van der Waals surface area contributed by atoms with Gasteiger partial charge in [0.2, 0.25) is 0 Å². The second-order valence-electron chi connectivity index (χ2n) is 8.31. The fraction of sp³-hybridized carbons (Fsp3) is 0.739. The van der Waals surface area contributed by atoms with E-state index in [9.17, 15) is 5.11 Å². The lowest BCUT2D eigenvalue weighted by molar-refractivity contribution is 0.302. The average molecular weight is 349 g/mol. The van der Waals surface area contributed by atoms with Gasteiger partial charge >= 0.3 is 0 Å². The van der Waals surface area contributed by atoms with Crippen molar-refractivity contribution < 1.29 is 9.84 Å². The molecule has 1 rings (SSSR count). The van der Waals surface area contributed by atoms with Gasteiger partial charge in [-0.05, 0) is 30.0 Å². The van der Waals surface area contributed by atoms with E-state index in [1.807, 2.05) is 12.1 Å². The van der Waals surface area contributed by atoms with Gasteiger partial charge in [-0.2, -0.15) is 0 Å². The number of unbranched alkanes of at least 4 members (excludes halogenated alkanes) is 10. The van der Waals surface area contributed by atoms with E-state index >= 15 is 0 Å². The van der Waals surface area contributed by atoms with E-state index in [1.54, 1.807) is 6.07 Å². The molecule has 0 fully saturated rings. The van der Waals surface area contributed by atoms with Crippen LogP contribution in [-0.4, -0.2) is 11.7 Å². The molecule has 0 spiro atoms. The zero-order valence-electron chi connectivity index (χ0n) is 17.1. The molecule has 0 bridgehead atoms. The van der Waals surface area contributed by atoms with Gasteiger partial charge in [0.05, 0.1) is 6.61 Å². The van der Waals surface area contributed by atoms with Crippen molar-refractivity contribution in [2.45, 2.75) is 104 Å². The van der Waals surface area contributed by atoms with Crippen molar-refractivity contribution in [3.05, 3.63) is 23.8 Å². The molecule has 0 saturated heterocycles.